The molecular weight excluding hydrogens is 254 g/mol. The van der Waals surface area contributed by atoms with Crippen LogP contribution in [0.2, 0.25) is 0 Å². The summed E-state index contributed by atoms with van der Waals surface area (Å²) in [5.41, 5.74) is 0. The van der Waals surface area contributed by atoms with Crippen molar-refractivity contribution in [2.75, 3.05) is 20.4 Å². The summed E-state index contributed by atoms with van der Waals surface area (Å²) in [4.78, 5) is 0. The van der Waals surface area contributed by atoms with Gasteiger partial charge in [0.05, 0.1) is 0 Å². The van der Waals surface area contributed by atoms with E-state index in [9.17, 15) is 0 Å². The van der Waals surface area contributed by atoms with Crippen molar-refractivity contribution in [2.24, 2.45) is 0 Å². The van der Waals surface area contributed by atoms with Crippen LogP contribution in [0, 0.1) is 0 Å². The maximum absolute atomic E-state index is 8.19. The van der Waals surface area contributed by atoms with E-state index in [1.165, 1.54) is 0 Å². The molecule has 0 radical (unpaired) electrons. The number of hydrogen-bond donors (Lipinski definition) is 3. The Labute approximate surface area is 66.6 Å². The Morgan fingerprint density at radius 1 is 0.800 bits per heavy atom. The molecule has 0 fully saturated rings. The molecule has 7 heteroatoms. The fraction of sp³-hybridized carbons (Fsp3) is 1.00. The van der Waals surface area contributed by atoms with E-state index in [0.29, 0.717) is 0 Å². The van der Waals surface area contributed by atoms with Gasteiger partial charge >= 0.3 is 66.2 Å². The molecule has 3 N–H and O–H groups in total. The molecule has 0 atom stereocenters. The van der Waals surface area contributed by atoms with E-state index < -0.39 is 41.8 Å². The average molecular weight is 263 g/mol. The van der Waals surface area contributed by atoms with Crippen LogP contribution in [-0.4, -0.2) is 57.2 Å². The number of rotatable bonds is 6. The first-order chi connectivity index (χ1) is 4.85. The molecule has 10 heavy (non-hydrogen) atoms. The average Bonchev–Trinajstić information content (AvgIpc) is 1.90. The summed E-state index contributed by atoms with van der Waals surface area (Å²) in [6.07, 6.45) is 0. The molecule has 0 aliphatic rings. The Hall–Kier alpha value is 0.578. The van der Waals surface area contributed by atoms with Gasteiger partial charge in [-0.15, -0.1) is 0 Å². The third-order valence-corrected chi connectivity index (χ3v) is 3.28. The quantitative estimate of drug-likeness (QED) is 0.375. The second-order valence-electron chi connectivity index (χ2n) is 0.998. The molecule has 0 aliphatic carbocycles. The van der Waals surface area contributed by atoms with E-state index in [-0.39, 0.29) is 0 Å². The van der Waals surface area contributed by atoms with Gasteiger partial charge in [0.1, 0.15) is 0 Å². The van der Waals surface area contributed by atoms with Crippen molar-refractivity contribution in [3.05, 3.63) is 0 Å². The second-order valence-corrected chi connectivity index (χ2v) is 4.49. The topological polar surface area (TPSA) is 88.4 Å². The van der Waals surface area contributed by atoms with E-state index >= 15 is 0 Å². The van der Waals surface area contributed by atoms with Gasteiger partial charge in [0.25, 0.3) is 0 Å². The Bertz CT molecular complexity index is 55.7. The summed E-state index contributed by atoms with van der Waals surface area (Å²) in [7, 11) is 0. The third kappa shape index (κ3) is 5.37. The molecule has 6 nitrogen and oxygen atoms in total. The van der Waals surface area contributed by atoms with Crippen LogP contribution in [0.1, 0.15) is 0 Å². The van der Waals surface area contributed by atoms with Crippen molar-refractivity contribution in [3.8, 4) is 0 Å². The molecule has 0 heterocycles. The van der Waals surface area contributed by atoms with Gasteiger partial charge in [-0.3, -0.25) is 0 Å². The van der Waals surface area contributed by atoms with Crippen molar-refractivity contribution in [1.82, 2.24) is 0 Å². The molecule has 0 rings (SSSR count). The summed E-state index contributed by atoms with van der Waals surface area (Å²) in [5.74, 6) is 0. The van der Waals surface area contributed by atoms with E-state index in [2.05, 4.69) is 9.05 Å². The zero-order valence-corrected chi connectivity index (χ0v) is 7.69. The Morgan fingerprint density at radius 2 is 1.10 bits per heavy atom. The van der Waals surface area contributed by atoms with Crippen LogP contribution >= 0.6 is 0 Å². The first-order valence-corrected chi connectivity index (χ1v) is 5.49. The second kappa shape index (κ2) is 7.68. The minimum absolute atomic E-state index is 0.525. The summed E-state index contributed by atoms with van der Waals surface area (Å²) in [6, 6.07) is 0. The van der Waals surface area contributed by atoms with Crippen LogP contribution in [0.15, 0.2) is 0 Å². The predicted molar refractivity (Wildman–Crippen MR) is 30.3 cm³/mol. The Morgan fingerprint density at radius 3 is 1.30 bits per heavy atom. The van der Waals surface area contributed by atoms with E-state index in [4.69, 9.17) is 15.3 Å². The summed E-state index contributed by atoms with van der Waals surface area (Å²) in [5, 5.41) is 24.6. The summed E-state index contributed by atoms with van der Waals surface area (Å²) < 4.78 is 13.5. The van der Waals surface area contributed by atoms with Crippen LogP contribution in [0.5, 0.6) is 0 Å². The summed E-state index contributed by atoms with van der Waals surface area (Å²) >= 11 is -2.89. The van der Waals surface area contributed by atoms with Crippen molar-refractivity contribution in [2.45, 2.75) is 0 Å². The van der Waals surface area contributed by atoms with E-state index in [0.717, 1.165) is 0 Å². The Balaban J connectivity index is 3.30. The van der Waals surface area contributed by atoms with Crippen molar-refractivity contribution >= 4 is 21.5 Å². The zero-order chi connectivity index (χ0) is 7.82. The Kier molecular flexibility index (Phi) is 8.13. The van der Waals surface area contributed by atoms with Crippen molar-refractivity contribution in [1.29, 1.82) is 0 Å². The van der Waals surface area contributed by atoms with Gasteiger partial charge in [0.15, 0.2) is 0 Å². The molecule has 0 aliphatic heterocycles. The summed E-state index contributed by atoms with van der Waals surface area (Å²) in [6.45, 7) is -1.57. The van der Waals surface area contributed by atoms with Crippen molar-refractivity contribution in [3.63, 3.8) is 0 Å². The molecule has 0 aromatic carbocycles. The fourth-order valence-corrected chi connectivity index (χ4v) is 1.70. The van der Waals surface area contributed by atoms with Gasteiger partial charge < -0.3 is 0 Å². The molecule has 0 saturated carbocycles. The fourth-order valence-electron chi connectivity index (χ4n) is 0.253. The monoisotopic (exact) mass is 262 g/mol. The number of hydrogen-bond acceptors (Lipinski definition) is 6. The number of aliphatic hydroxyl groups excluding tert-OH is 3. The van der Waals surface area contributed by atoms with Crippen LogP contribution in [-0.2, 0) is 9.05 Å². The van der Waals surface area contributed by atoms with Gasteiger partial charge in [-0.1, -0.05) is 0 Å². The standard InChI is InChI=1S/3CH3O2.Sb/c3*2-1-3;/h3*2H,1H2;/q3*-1;+3. The van der Waals surface area contributed by atoms with E-state index in [1.807, 2.05) is 0 Å². The normalized spacial score (nSPS) is 10.8. The minimum atomic E-state index is -2.89. The molecule has 0 spiro atoms. The molecule has 62 valence electrons. The van der Waals surface area contributed by atoms with Gasteiger partial charge in [0, 0.05) is 0 Å². The van der Waals surface area contributed by atoms with Crippen molar-refractivity contribution < 1.29 is 24.4 Å². The first-order valence-electron chi connectivity index (χ1n) is 2.36. The number of aliphatic hydroxyl groups is 3. The third-order valence-electron chi connectivity index (χ3n) is 0.489. The molecule has 0 amide bonds. The maximum atomic E-state index is 8.19. The van der Waals surface area contributed by atoms with Crippen LogP contribution in [0.25, 0.3) is 0 Å². The SMILES string of the molecule is OC[O][Sb]([O]CO)[O]CO. The molecule has 0 saturated heterocycles. The van der Waals surface area contributed by atoms with Gasteiger partial charge in [-0.05, 0) is 0 Å². The van der Waals surface area contributed by atoms with Crippen LogP contribution < -0.4 is 0 Å². The van der Waals surface area contributed by atoms with E-state index in [1.54, 1.807) is 0 Å². The van der Waals surface area contributed by atoms with Gasteiger partial charge in [0.2, 0.25) is 0 Å². The molecule has 0 aromatic rings. The molecular formula is C3H9O6Sb. The zero-order valence-electron chi connectivity index (χ0n) is 5.13. The van der Waals surface area contributed by atoms with Gasteiger partial charge in [-0.25, -0.2) is 0 Å². The predicted octanol–water partition coefficient (Wildman–Crippen LogP) is -2.13. The van der Waals surface area contributed by atoms with Crippen LogP contribution in [0.3, 0.4) is 0 Å². The molecule has 0 aromatic heterocycles. The first kappa shape index (κ1) is 10.6. The molecule has 0 bridgehead atoms. The van der Waals surface area contributed by atoms with Gasteiger partial charge in [-0.2, -0.15) is 0 Å². The van der Waals surface area contributed by atoms with Crippen LogP contribution in [0.4, 0.5) is 0 Å². The molecule has 0 unspecified atom stereocenters.